The minimum Gasteiger partial charge on any atom is -0.507 e. The van der Waals surface area contributed by atoms with Gasteiger partial charge in [0, 0.05) is 28.7 Å². The second-order valence-electron chi connectivity index (χ2n) is 17.7. The van der Waals surface area contributed by atoms with Crippen LogP contribution in [0.4, 0.5) is 8.78 Å². The van der Waals surface area contributed by atoms with E-state index in [1.54, 1.807) is 24.3 Å². The molecule has 6 heteroatoms. The lowest BCUT2D eigenvalue weighted by Gasteiger charge is -2.36. The normalized spacial score (nSPS) is 12.6. The Morgan fingerprint density at radius 2 is 0.981 bits per heavy atom. The Bertz CT molecular complexity index is 1820. The maximum atomic E-state index is 14.7. The quantitative estimate of drug-likeness (QED) is 0.113. The highest BCUT2D eigenvalue weighted by Gasteiger charge is 2.31. The molecule has 0 unspecified atom stereocenters. The van der Waals surface area contributed by atoms with Gasteiger partial charge < -0.3 is 19.7 Å². The molecule has 0 aliphatic carbocycles. The SMILES string of the molecule is CCCCC(C)(C)CC(C)(C)c1ccc(O)c(-c2cc(F)ccc2OCCCOc2ccc(F)cc2-c2cc(C(C)(C)CC(C)(C)C)ccc2O)c1. The van der Waals surface area contributed by atoms with E-state index >= 15 is 0 Å². The number of phenols is 2. The number of aromatic hydroxyl groups is 2. The summed E-state index contributed by atoms with van der Waals surface area (Å²) in [6.07, 6.45) is 5.84. The first-order valence-electron chi connectivity index (χ1n) is 18.7. The molecule has 4 aromatic rings. The summed E-state index contributed by atoms with van der Waals surface area (Å²) in [6.45, 7) is 22.8. The molecule has 52 heavy (non-hydrogen) atoms. The van der Waals surface area contributed by atoms with Gasteiger partial charge in [-0.25, -0.2) is 8.78 Å². The Morgan fingerprint density at radius 1 is 0.538 bits per heavy atom. The van der Waals surface area contributed by atoms with Crippen molar-refractivity contribution in [3.63, 3.8) is 0 Å². The van der Waals surface area contributed by atoms with Gasteiger partial charge in [-0.2, -0.15) is 0 Å². The standard InChI is InChI=1S/C46H60F2O4/c1-11-12-22-44(5,6)30-46(9,10)32-15-19-40(50)36(26-32)38-28-34(48)17-21-42(38)52-24-13-23-51-41-20-16-33(47)27-37(41)35-25-31(14-18-39(35)49)45(7,8)29-43(2,3)4/h14-21,25-28,49-50H,11-13,22-24,29-30H2,1-10H3. The zero-order chi connectivity index (χ0) is 38.5. The van der Waals surface area contributed by atoms with Crippen LogP contribution < -0.4 is 9.47 Å². The van der Waals surface area contributed by atoms with Gasteiger partial charge in [0.05, 0.1) is 13.2 Å². The van der Waals surface area contributed by atoms with Crippen LogP contribution in [0.25, 0.3) is 22.3 Å². The average Bonchev–Trinajstić information content (AvgIpc) is 3.03. The van der Waals surface area contributed by atoms with E-state index in [9.17, 15) is 19.0 Å². The van der Waals surface area contributed by atoms with Gasteiger partial charge in [-0.1, -0.05) is 94.2 Å². The number of hydrogen-bond donors (Lipinski definition) is 2. The first-order valence-corrected chi connectivity index (χ1v) is 18.7. The Balaban J connectivity index is 1.50. The third kappa shape index (κ3) is 10.7. The van der Waals surface area contributed by atoms with Crippen LogP contribution in [0.1, 0.15) is 119 Å². The molecule has 0 radical (unpaired) electrons. The van der Waals surface area contributed by atoms with Crippen LogP contribution >= 0.6 is 0 Å². The number of rotatable bonds is 16. The highest BCUT2D eigenvalue weighted by Crippen LogP contribution is 2.45. The molecule has 0 aromatic heterocycles. The van der Waals surface area contributed by atoms with Gasteiger partial charge in [0.25, 0.3) is 0 Å². The first kappa shape index (κ1) is 40.7. The predicted octanol–water partition coefficient (Wildman–Crippen LogP) is 13.2. The van der Waals surface area contributed by atoms with Gasteiger partial charge in [-0.05, 0) is 113 Å². The van der Waals surface area contributed by atoms with Crippen LogP contribution in [-0.4, -0.2) is 23.4 Å². The molecule has 0 aliphatic rings. The van der Waals surface area contributed by atoms with Gasteiger partial charge in [0.1, 0.15) is 34.6 Å². The van der Waals surface area contributed by atoms with Gasteiger partial charge in [-0.3, -0.25) is 0 Å². The van der Waals surface area contributed by atoms with E-state index in [0.29, 0.717) is 40.2 Å². The molecule has 0 aliphatic heterocycles. The van der Waals surface area contributed by atoms with Gasteiger partial charge in [0.2, 0.25) is 0 Å². The third-order valence-corrected chi connectivity index (χ3v) is 9.92. The van der Waals surface area contributed by atoms with E-state index in [0.717, 1.165) is 36.8 Å². The summed E-state index contributed by atoms with van der Waals surface area (Å²) in [5, 5.41) is 21.9. The minimum atomic E-state index is -0.427. The molecule has 4 rings (SSSR count). The number of hydrogen-bond acceptors (Lipinski definition) is 4. The molecule has 0 amide bonds. The largest absolute Gasteiger partial charge is 0.507 e. The fraction of sp³-hybridized carbons (Fsp3) is 0.478. The second-order valence-corrected chi connectivity index (χ2v) is 17.7. The summed E-state index contributed by atoms with van der Waals surface area (Å²) >= 11 is 0. The maximum Gasteiger partial charge on any atom is 0.127 e. The first-order chi connectivity index (χ1) is 24.2. The summed E-state index contributed by atoms with van der Waals surface area (Å²) in [5.41, 5.74) is 3.99. The van der Waals surface area contributed by atoms with E-state index < -0.39 is 11.6 Å². The summed E-state index contributed by atoms with van der Waals surface area (Å²) in [7, 11) is 0. The van der Waals surface area contributed by atoms with Crippen LogP contribution in [0.2, 0.25) is 0 Å². The van der Waals surface area contributed by atoms with Crippen molar-refractivity contribution in [1.29, 1.82) is 0 Å². The topological polar surface area (TPSA) is 58.9 Å². The number of unbranched alkanes of at least 4 members (excludes halogenated alkanes) is 1. The molecule has 4 aromatic carbocycles. The van der Waals surface area contributed by atoms with Gasteiger partial charge >= 0.3 is 0 Å². The molecule has 0 heterocycles. The molecule has 282 valence electrons. The van der Waals surface area contributed by atoms with Crippen molar-refractivity contribution in [3.8, 4) is 45.3 Å². The van der Waals surface area contributed by atoms with E-state index in [1.807, 2.05) is 24.3 Å². The molecule has 2 N–H and O–H groups in total. The molecule has 4 nitrogen and oxygen atoms in total. The fourth-order valence-electron chi connectivity index (χ4n) is 7.92. The summed E-state index contributed by atoms with van der Waals surface area (Å²) < 4.78 is 41.6. The second kappa shape index (κ2) is 16.3. The monoisotopic (exact) mass is 714 g/mol. The van der Waals surface area contributed by atoms with E-state index in [2.05, 4.69) is 69.2 Å². The Hall–Kier alpha value is -4.06. The van der Waals surface area contributed by atoms with Crippen molar-refractivity contribution in [2.75, 3.05) is 13.2 Å². The van der Waals surface area contributed by atoms with Crippen LogP contribution in [0.3, 0.4) is 0 Å². The molecule has 0 atom stereocenters. The third-order valence-electron chi connectivity index (χ3n) is 9.92. The number of phenolic OH excluding ortho intramolecular Hbond substituents is 2. The lowest BCUT2D eigenvalue weighted by atomic mass is 9.69. The molecular weight excluding hydrogens is 654 g/mol. The highest BCUT2D eigenvalue weighted by molar-refractivity contribution is 5.77. The molecule has 0 saturated carbocycles. The number of benzene rings is 4. The van der Waals surface area contributed by atoms with Crippen molar-refractivity contribution < 1.29 is 28.5 Å². The van der Waals surface area contributed by atoms with Crippen molar-refractivity contribution in [2.45, 2.75) is 119 Å². The summed E-state index contributed by atoms with van der Waals surface area (Å²) in [4.78, 5) is 0. The average molecular weight is 715 g/mol. The van der Waals surface area contributed by atoms with Crippen LogP contribution in [-0.2, 0) is 10.8 Å². The maximum absolute atomic E-state index is 14.7. The van der Waals surface area contributed by atoms with E-state index in [1.165, 1.54) is 30.7 Å². The van der Waals surface area contributed by atoms with Gasteiger partial charge in [-0.15, -0.1) is 0 Å². The van der Waals surface area contributed by atoms with Crippen LogP contribution in [0.5, 0.6) is 23.0 Å². The smallest absolute Gasteiger partial charge is 0.127 e. The van der Waals surface area contributed by atoms with Crippen LogP contribution in [0, 0.1) is 22.5 Å². The van der Waals surface area contributed by atoms with Crippen LogP contribution in [0.15, 0.2) is 72.8 Å². The Labute approximate surface area is 311 Å². The van der Waals surface area contributed by atoms with Crippen molar-refractivity contribution in [3.05, 3.63) is 95.6 Å². The lowest BCUT2D eigenvalue weighted by molar-refractivity contribution is 0.233. The molecule has 0 saturated heterocycles. The van der Waals surface area contributed by atoms with Crippen molar-refractivity contribution in [1.82, 2.24) is 0 Å². The molecule has 0 spiro atoms. The Morgan fingerprint density at radius 3 is 1.40 bits per heavy atom. The van der Waals surface area contributed by atoms with Crippen molar-refractivity contribution in [2.24, 2.45) is 10.8 Å². The summed E-state index contributed by atoms with van der Waals surface area (Å²) in [6, 6.07) is 19.8. The number of halogens is 2. The van der Waals surface area contributed by atoms with Crippen molar-refractivity contribution >= 4 is 0 Å². The Kier molecular flexibility index (Phi) is 12.8. The zero-order valence-electron chi connectivity index (χ0n) is 33.1. The van der Waals surface area contributed by atoms with Gasteiger partial charge in [0.15, 0.2) is 0 Å². The predicted molar refractivity (Wildman–Crippen MR) is 211 cm³/mol. The molecule has 0 fully saturated rings. The fourth-order valence-corrected chi connectivity index (χ4v) is 7.92. The van der Waals surface area contributed by atoms with E-state index in [4.69, 9.17) is 9.47 Å². The molecular formula is C46H60F2O4. The zero-order valence-corrected chi connectivity index (χ0v) is 33.1. The van der Waals surface area contributed by atoms with E-state index in [-0.39, 0.29) is 46.4 Å². The highest BCUT2D eigenvalue weighted by atomic mass is 19.1. The number of ether oxygens (including phenoxy) is 2. The summed E-state index contributed by atoms with van der Waals surface area (Å²) in [5.74, 6) is 0.164. The molecule has 0 bridgehead atoms. The lowest BCUT2D eigenvalue weighted by Crippen LogP contribution is -2.26. The minimum absolute atomic E-state index is 0.0499.